The molecule has 4 nitrogen and oxygen atoms in total. The van der Waals surface area contributed by atoms with Gasteiger partial charge in [0.05, 0.1) is 13.2 Å². The summed E-state index contributed by atoms with van der Waals surface area (Å²) >= 11 is 1.61. The monoisotopic (exact) mass is 353 g/mol. The molecule has 0 aliphatic rings. The van der Waals surface area contributed by atoms with Crippen molar-refractivity contribution in [3.63, 3.8) is 0 Å². The molecule has 3 aromatic rings. The number of nitrogens with one attached hydrogen (secondary N) is 1. The number of hydrogen-bond donors (Lipinski definition) is 1. The van der Waals surface area contributed by atoms with Gasteiger partial charge in [0.2, 0.25) is 0 Å². The van der Waals surface area contributed by atoms with Crippen molar-refractivity contribution in [2.45, 2.75) is 6.04 Å². The predicted octanol–water partition coefficient (Wildman–Crippen LogP) is 4.04. The molecule has 1 aromatic heterocycles. The average molecular weight is 353 g/mol. The van der Waals surface area contributed by atoms with E-state index in [9.17, 15) is 4.79 Å². The molecule has 0 saturated carbocycles. The van der Waals surface area contributed by atoms with Crippen molar-refractivity contribution >= 4 is 17.2 Å². The van der Waals surface area contributed by atoms with Crippen LogP contribution in [0.15, 0.2) is 72.1 Å². The fourth-order valence-electron chi connectivity index (χ4n) is 2.50. The maximum absolute atomic E-state index is 12.4. The molecule has 1 atom stereocenters. The molecule has 2 aromatic carbocycles. The zero-order valence-electron chi connectivity index (χ0n) is 13.8. The van der Waals surface area contributed by atoms with Crippen LogP contribution in [0, 0.1) is 0 Å². The highest BCUT2D eigenvalue weighted by atomic mass is 32.1. The van der Waals surface area contributed by atoms with E-state index in [4.69, 9.17) is 9.47 Å². The Balaban J connectivity index is 1.69. The topological polar surface area (TPSA) is 47.6 Å². The summed E-state index contributed by atoms with van der Waals surface area (Å²) in [6.07, 6.45) is 0. The first kappa shape index (κ1) is 17.0. The number of carbonyl (C=O) groups is 1. The van der Waals surface area contributed by atoms with Gasteiger partial charge in [-0.3, -0.25) is 4.79 Å². The second-order valence-electron chi connectivity index (χ2n) is 5.37. The van der Waals surface area contributed by atoms with Gasteiger partial charge in [0, 0.05) is 4.88 Å². The van der Waals surface area contributed by atoms with Crippen LogP contribution in [0.3, 0.4) is 0 Å². The van der Waals surface area contributed by atoms with Crippen LogP contribution in [0.1, 0.15) is 16.5 Å². The van der Waals surface area contributed by atoms with E-state index >= 15 is 0 Å². The van der Waals surface area contributed by atoms with Gasteiger partial charge >= 0.3 is 0 Å². The Morgan fingerprint density at radius 3 is 2.40 bits per heavy atom. The maximum atomic E-state index is 12.4. The molecule has 0 saturated heterocycles. The van der Waals surface area contributed by atoms with Crippen molar-refractivity contribution in [1.82, 2.24) is 5.32 Å². The average Bonchev–Trinajstić information content (AvgIpc) is 3.20. The number of rotatable bonds is 7. The number of hydrogen-bond acceptors (Lipinski definition) is 4. The van der Waals surface area contributed by atoms with E-state index in [1.165, 1.54) is 0 Å². The molecule has 5 heteroatoms. The molecular weight excluding hydrogens is 334 g/mol. The fourth-order valence-corrected chi connectivity index (χ4v) is 3.31. The summed E-state index contributed by atoms with van der Waals surface area (Å²) in [4.78, 5) is 13.5. The Morgan fingerprint density at radius 2 is 1.72 bits per heavy atom. The van der Waals surface area contributed by atoms with E-state index in [0.717, 1.165) is 10.4 Å². The molecule has 1 amide bonds. The lowest BCUT2D eigenvalue weighted by molar-refractivity contribution is -0.123. The Kier molecular flexibility index (Phi) is 5.69. The number of ether oxygens (including phenoxy) is 2. The van der Waals surface area contributed by atoms with E-state index in [2.05, 4.69) is 5.32 Å². The van der Waals surface area contributed by atoms with Crippen LogP contribution in [0.5, 0.6) is 11.5 Å². The Morgan fingerprint density at radius 1 is 1.00 bits per heavy atom. The molecule has 3 rings (SSSR count). The highest BCUT2D eigenvalue weighted by Gasteiger charge is 2.18. The molecule has 0 aliphatic carbocycles. The highest BCUT2D eigenvalue weighted by molar-refractivity contribution is 7.10. The molecule has 0 spiro atoms. The largest absolute Gasteiger partial charge is 0.493 e. The normalized spacial score (nSPS) is 11.6. The van der Waals surface area contributed by atoms with Crippen molar-refractivity contribution in [2.24, 2.45) is 0 Å². The van der Waals surface area contributed by atoms with Gasteiger partial charge in [-0.25, -0.2) is 0 Å². The molecule has 0 aliphatic heterocycles. The first-order valence-corrected chi connectivity index (χ1v) is 8.79. The molecule has 0 fully saturated rings. The minimum Gasteiger partial charge on any atom is -0.493 e. The highest BCUT2D eigenvalue weighted by Crippen LogP contribution is 2.27. The van der Waals surface area contributed by atoms with Crippen LogP contribution < -0.4 is 14.8 Å². The van der Waals surface area contributed by atoms with E-state index in [-0.39, 0.29) is 18.6 Å². The molecule has 0 bridgehead atoms. The zero-order valence-corrected chi connectivity index (χ0v) is 14.7. The maximum Gasteiger partial charge on any atom is 0.258 e. The molecule has 1 heterocycles. The van der Waals surface area contributed by atoms with Crippen molar-refractivity contribution in [3.8, 4) is 11.5 Å². The Bertz CT molecular complexity index is 803. The standard InChI is InChI=1S/C20H19NO3S/c1-23-16-10-5-6-11-17(16)24-14-19(22)21-20(18-12-7-13-25-18)15-8-3-2-4-9-15/h2-13,20H,14H2,1H3,(H,21,22). The SMILES string of the molecule is COc1ccccc1OCC(=O)NC(c1ccccc1)c1cccs1. The quantitative estimate of drug-likeness (QED) is 0.697. The third-order valence-corrected chi connectivity index (χ3v) is 4.63. The van der Waals surface area contributed by atoms with E-state index < -0.39 is 0 Å². The molecule has 1 unspecified atom stereocenters. The van der Waals surface area contributed by atoms with Crippen molar-refractivity contribution in [1.29, 1.82) is 0 Å². The third-order valence-electron chi connectivity index (χ3n) is 3.69. The van der Waals surface area contributed by atoms with Gasteiger partial charge < -0.3 is 14.8 Å². The number of benzene rings is 2. The lowest BCUT2D eigenvalue weighted by Gasteiger charge is -2.18. The fraction of sp³-hybridized carbons (Fsp3) is 0.150. The van der Waals surface area contributed by atoms with Crippen LogP contribution in [0.25, 0.3) is 0 Å². The van der Waals surface area contributed by atoms with Gasteiger partial charge in [-0.1, -0.05) is 48.5 Å². The van der Waals surface area contributed by atoms with Gasteiger partial charge in [0.1, 0.15) is 0 Å². The molecule has 128 valence electrons. The first-order chi connectivity index (χ1) is 12.3. The van der Waals surface area contributed by atoms with Gasteiger partial charge in [0.15, 0.2) is 18.1 Å². The summed E-state index contributed by atoms with van der Waals surface area (Å²) in [6.45, 7) is -0.0743. The van der Waals surface area contributed by atoms with Crippen LogP contribution in [-0.2, 0) is 4.79 Å². The van der Waals surface area contributed by atoms with Crippen LogP contribution in [0.2, 0.25) is 0 Å². The summed E-state index contributed by atoms with van der Waals surface area (Å²) in [7, 11) is 1.57. The summed E-state index contributed by atoms with van der Waals surface area (Å²) in [5.41, 5.74) is 1.04. The molecule has 1 N–H and O–H groups in total. The Hall–Kier alpha value is -2.79. The molecule has 0 radical (unpaired) electrons. The number of methoxy groups -OCH3 is 1. The van der Waals surface area contributed by atoms with Crippen molar-refractivity contribution in [2.75, 3.05) is 13.7 Å². The van der Waals surface area contributed by atoms with Crippen molar-refractivity contribution in [3.05, 3.63) is 82.6 Å². The smallest absolute Gasteiger partial charge is 0.258 e. The van der Waals surface area contributed by atoms with Gasteiger partial charge in [-0.2, -0.15) is 0 Å². The molecule has 25 heavy (non-hydrogen) atoms. The zero-order chi connectivity index (χ0) is 17.5. The summed E-state index contributed by atoms with van der Waals surface area (Å²) in [5, 5.41) is 5.05. The lowest BCUT2D eigenvalue weighted by Crippen LogP contribution is -2.32. The minimum atomic E-state index is -0.187. The summed E-state index contributed by atoms with van der Waals surface area (Å²) in [6, 6.07) is 21.0. The molecular formula is C20H19NO3S. The van der Waals surface area contributed by atoms with Crippen LogP contribution in [-0.4, -0.2) is 19.6 Å². The second-order valence-corrected chi connectivity index (χ2v) is 6.35. The summed E-state index contributed by atoms with van der Waals surface area (Å²) in [5.74, 6) is 0.967. The number of para-hydroxylation sites is 2. The van der Waals surface area contributed by atoms with Crippen LogP contribution in [0.4, 0.5) is 0 Å². The van der Waals surface area contributed by atoms with E-state index in [1.54, 1.807) is 30.6 Å². The number of amides is 1. The van der Waals surface area contributed by atoms with Gasteiger partial charge in [-0.05, 0) is 29.1 Å². The van der Waals surface area contributed by atoms with Gasteiger partial charge in [-0.15, -0.1) is 11.3 Å². The summed E-state index contributed by atoms with van der Waals surface area (Å²) < 4.78 is 10.8. The van der Waals surface area contributed by atoms with E-state index in [0.29, 0.717) is 11.5 Å². The predicted molar refractivity (Wildman–Crippen MR) is 99.2 cm³/mol. The lowest BCUT2D eigenvalue weighted by atomic mass is 10.1. The second kappa shape index (κ2) is 8.35. The van der Waals surface area contributed by atoms with Crippen molar-refractivity contribution < 1.29 is 14.3 Å². The first-order valence-electron chi connectivity index (χ1n) is 7.91. The minimum absolute atomic E-state index is 0.0743. The van der Waals surface area contributed by atoms with E-state index in [1.807, 2.05) is 60.0 Å². The number of carbonyl (C=O) groups excluding carboxylic acids is 1. The third kappa shape index (κ3) is 4.39. The Labute approximate surface area is 151 Å². The van der Waals surface area contributed by atoms with Gasteiger partial charge in [0.25, 0.3) is 5.91 Å². The van der Waals surface area contributed by atoms with Crippen LogP contribution >= 0.6 is 11.3 Å². The number of thiophene rings is 1.